The van der Waals surface area contributed by atoms with Crippen molar-refractivity contribution in [3.05, 3.63) is 28.5 Å². The fourth-order valence-corrected chi connectivity index (χ4v) is 1.90. The number of rotatable bonds is 4. The lowest BCUT2D eigenvalue weighted by Gasteiger charge is -2.05. The Balaban J connectivity index is 2.60. The van der Waals surface area contributed by atoms with Gasteiger partial charge in [0, 0.05) is 22.3 Å². The number of anilines is 1. The highest BCUT2D eigenvalue weighted by Gasteiger charge is 2.03. The SMILES string of the molecule is CSCCC(=O)Nc1cc(F)cc(Br)c1. The van der Waals surface area contributed by atoms with Gasteiger partial charge in [0.25, 0.3) is 0 Å². The standard InChI is InChI=1S/C10H11BrFNOS/c1-15-3-2-10(14)13-9-5-7(11)4-8(12)6-9/h4-6H,2-3H2,1H3,(H,13,14). The van der Waals surface area contributed by atoms with Gasteiger partial charge in [-0.15, -0.1) is 0 Å². The highest BCUT2D eigenvalue weighted by atomic mass is 79.9. The molecule has 1 amide bonds. The predicted octanol–water partition coefficient (Wildman–Crippen LogP) is 3.28. The number of benzene rings is 1. The largest absolute Gasteiger partial charge is 0.326 e. The van der Waals surface area contributed by atoms with E-state index in [0.717, 1.165) is 5.75 Å². The zero-order valence-corrected chi connectivity index (χ0v) is 10.6. The molecule has 1 N–H and O–H groups in total. The second-order valence-corrected chi connectivity index (χ2v) is 4.85. The first-order valence-corrected chi connectivity index (χ1v) is 6.55. The van der Waals surface area contributed by atoms with Crippen LogP contribution in [0, 0.1) is 5.82 Å². The molecule has 5 heteroatoms. The Morgan fingerprint density at radius 1 is 1.53 bits per heavy atom. The van der Waals surface area contributed by atoms with Crippen LogP contribution in [0.3, 0.4) is 0 Å². The maximum atomic E-state index is 12.9. The van der Waals surface area contributed by atoms with Crippen molar-refractivity contribution in [1.82, 2.24) is 0 Å². The van der Waals surface area contributed by atoms with Crippen LogP contribution in [0.1, 0.15) is 6.42 Å². The number of amides is 1. The molecule has 1 rings (SSSR count). The number of carbonyl (C=O) groups is 1. The first-order chi connectivity index (χ1) is 7.11. The van der Waals surface area contributed by atoms with Gasteiger partial charge >= 0.3 is 0 Å². The first-order valence-electron chi connectivity index (χ1n) is 4.36. The highest BCUT2D eigenvalue weighted by molar-refractivity contribution is 9.10. The smallest absolute Gasteiger partial charge is 0.225 e. The van der Waals surface area contributed by atoms with Gasteiger partial charge in [-0.2, -0.15) is 11.8 Å². The normalized spacial score (nSPS) is 10.1. The molecule has 82 valence electrons. The summed E-state index contributed by atoms with van der Waals surface area (Å²) in [5, 5.41) is 2.64. The average Bonchev–Trinajstić information content (AvgIpc) is 2.13. The summed E-state index contributed by atoms with van der Waals surface area (Å²) >= 11 is 4.76. The molecule has 0 saturated heterocycles. The summed E-state index contributed by atoms with van der Waals surface area (Å²) in [5.74, 6) is 0.300. The quantitative estimate of drug-likeness (QED) is 0.922. The lowest BCUT2D eigenvalue weighted by atomic mass is 10.3. The molecule has 0 saturated carbocycles. The monoisotopic (exact) mass is 291 g/mol. The number of thioether (sulfide) groups is 1. The number of nitrogens with one attached hydrogen (secondary N) is 1. The zero-order chi connectivity index (χ0) is 11.3. The Kier molecular flexibility index (Phi) is 5.11. The number of carbonyl (C=O) groups excluding carboxylic acids is 1. The van der Waals surface area contributed by atoms with Crippen LogP contribution >= 0.6 is 27.7 Å². The molecular formula is C10H11BrFNOS. The second kappa shape index (κ2) is 6.12. The van der Waals surface area contributed by atoms with E-state index in [0.29, 0.717) is 16.6 Å². The molecule has 1 aromatic carbocycles. The topological polar surface area (TPSA) is 29.1 Å². The minimum Gasteiger partial charge on any atom is -0.326 e. The molecule has 0 spiro atoms. The Bertz CT molecular complexity index is 339. The first kappa shape index (κ1) is 12.5. The van der Waals surface area contributed by atoms with Crippen molar-refractivity contribution in [2.75, 3.05) is 17.3 Å². The van der Waals surface area contributed by atoms with E-state index in [9.17, 15) is 9.18 Å². The van der Waals surface area contributed by atoms with Crippen molar-refractivity contribution in [3.63, 3.8) is 0 Å². The van der Waals surface area contributed by atoms with E-state index in [1.165, 1.54) is 12.1 Å². The van der Waals surface area contributed by atoms with Gasteiger partial charge in [-0.1, -0.05) is 15.9 Å². The van der Waals surface area contributed by atoms with Gasteiger partial charge in [0.05, 0.1) is 0 Å². The van der Waals surface area contributed by atoms with E-state index in [-0.39, 0.29) is 11.7 Å². The zero-order valence-electron chi connectivity index (χ0n) is 8.22. The van der Waals surface area contributed by atoms with Crippen molar-refractivity contribution >= 4 is 39.3 Å². The third-order valence-electron chi connectivity index (χ3n) is 1.68. The molecule has 0 aliphatic rings. The fraction of sp³-hybridized carbons (Fsp3) is 0.300. The lowest BCUT2D eigenvalue weighted by molar-refractivity contribution is -0.115. The summed E-state index contributed by atoms with van der Waals surface area (Å²) in [4.78, 5) is 11.3. The predicted molar refractivity (Wildman–Crippen MR) is 65.7 cm³/mol. The molecule has 0 unspecified atom stereocenters. The van der Waals surface area contributed by atoms with E-state index in [1.807, 2.05) is 6.26 Å². The van der Waals surface area contributed by atoms with Gasteiger partial charge in [0.1, 0.15) is 5.82 Å². The molecule has 0 radical (unpaired) electrons. The van der Waals surface area contributed by atoms with Crippen LogP contribution in [-0.2, 0) is 4.79 Å². The van der Waals surface area contributed by atoms with Gasteiger partial charge in [0.2, 0.25) is 5.91 Å². The van der Waals surface area contributed by atoms with E-state index >= 15 is 0 Å². The Labute approximate surface area is 101 Å². The molecule has 0 bridgehead atoms. The maximum absolute atomic E-state index is 12.9. The molecule has 0 aliphatic carbocycles. The van der Waals surface area contributed by atoms with E-state index in [1.54, 1.807) is 17.8 Å². The Morgan fingerprint density at radius 2 is 2.27 bits per heavy atom. The van der Waals surface area contributed by atoms with Crippen molar-refractivity contribution in [3.8, 4) is 0 Å². The number of halogens is 2. The van der Waals surface area contributed by atoms with Gasteiger partial charge in [0.15, 0.2) is 0 Å². The van der Waals surface area contributed by atoms with Crippen molar-refractivity contribution in [2.45, 2.75) is 6.42 Å². The summed E-state index contributed by atoms with van der Waals surface area (Å²) in [6.07, 6.45) is 2.38. The van der Waals surface area contributed by atoms with Crippen molar-refractivity contribution in [1.29, 1.82) is 0 Å². The van der Waals surface area contributed by atoms with Crippen LogP contribution in [-0.4, -0.2) is 17.9 Å². The molecule has 0 aliphatic heterocycles. The molecule has 2 nitrogen and oxygen atoms in total. The lowest BCUT2D eigenvalue weighted by Crippen LogP contribution is -2.12. The van der Waals surface area contributed by atoms with Gasteiger partial charge in [-0.25, -0.2) is 4.39 Å². The van der Waals surface area contributed by atoms with Gasteiger partial charge in [-0.3, -0.25) is 4.79 Å². The highest BCUT2D eigenvalue weighted by Crippen LogP contribution is 2.18. The average molecular weight is 292 g/mol. The summed E-state index contributed by atoms with van der Waals surface area (Å²) in [7, 11) is 0. The van der Waals surface area contributed by atoms with Crippen LogP contribution < -0.4 is 5.32 Å². The second-order valence-electron chi connectivity index (χ2n) is 2.95. The molecule has 0 atom stereocenters. The summed E-state index contributed by atoms with van der Waals surface area (Å²) in [5.41, 5.74) is 0.480. The fourth-order valence-electron chi connectivity index (χ4n) is 1.04. The van der Waals surface area contributed by atoms with Crippen LogP contribution in [0.4, 0.5) is 10.1 Å². The van der Waals surface area contributed by atoms with Crippen LogP contribution in [0.25, 0.3) is 0 Å². The molecule has 1 aromatic rings. The van der Waals surface area contributed by atoms with E-state index in [2.05, 4.69) is 21.2 Å². The van der Waals surface area contributed by atoms with Gasteiger partial charge in [-0.05, 0) is 24.5 Å². The molecular weight excluding hydrogens is 281 g/mol. The summed E-state index contributed by atoms with van der Waals surface area (Å²) < 4.78 is 13.6. The minimum absolute atomic E-state index is 0.0955. The third-order valence-corrected chi connectivity index (χ3v) is 2.75. The van der Waals surface area contributed by atoms with Crippen LogP contribution in [0.5, 0.6) is 0 Å². The number of hydrogen-bond acceptors (Lipinski definition) is 2. The van der Waals surface area contributed by atoms with Crippen LogP contribution in [0.2, 0.25) is 0 Å². The third kappa shape index (κ3) is 4.66. The summed E-state index contributed by atoms with van der Waals surface area (Å²) in [6.45, 7) is 0. The molecule has 15 heavy (non-hydrogen) atoms. The minimum atomic E-state index is -0.371. The van der Waals surface area contributed by atoms with Crippen molar-refractivity contribution < 1.29 is 9.18 Å². The Hall–Kier alpha value is -0.550. The summed E-state index contributed by atoms with van der Waals surface area (Å²) in [6, 6.07) is 4.30. The van der Waals surface area contributed by atoms with E-state index < -0.39 is 0 Å². The molecule has 0 aromatic heterocycles. The van der Waals surface area contributed by atoms with E-state index in [4.69, 9.17) is 0 Å². The Morgan fingerprint density at radius 3 is 2.87 bits per heavy atom. The van der Waals surface area contributed by atoms with Crippen molar-refractivity contribution in [2.24, 2.45) is 0 Å². The molecule has 0 fully saturated rings. The number of hydrogen-bond donors (Lipinski definition) is 1. The maximum Gasteiger partial charge on any atom is 0.225 e. The van der Waals surface area contributed by atoms with Gasteiger partial charge < -0.3 is 5.32 Å². The molecule has 0 heterocycles. The van der Waals surface area contributed by atoms with Crippen LogP contribution in [0.15, 0.2) is 22.7 Å².